The Morgan fingerprint density at radius 1 is 0.950 bits per heavy atom. The first kappa shape index (κ1) is 28.4. The number of ether oxygens (including phenoxy) is 3. The minimum atomic E-state index is -0.183. The number of piperidine rings is 1. The van der Waals surface area contributed by atoms with E-state index in [1.807, 2.05) is 54.6 Å². The van der Waals surface area contributed by atoms with Crippen molar-refractivity contribution in [3.05, 3.63) is 83.4 Å². The van der Waals surface area contributed by atoms with E-state index < -0.39 is 0 Å². The maximum atomic E-state index is 12.5. The van der Waals surface area contributed by atoms with Crippen molar-refractivity contribution in [1.29, 1.82) is 0 Å². The number of rotatable bonds is 11. The average molecular weight is 561 g/mol. The van der Waals surface area contributed by atoms with Gasteiger partial charge in [0.15, 0.2) is 0 Å². The normalized spacial score (nSPS) is 18.8. The number of likely N-dealkylation sites (tertiary alicyclic amines) is 1. The molecule has 0 radical (unpaired) electrons. The highest BCUT2D eigenvalue weighted by atomic mass is 32.2. The van der Waals surface area contributed by atoms with Crippen molar-refractivity contribution in [2.75, 3.05) is 39.9 Å². The van der Waals surface area contributed by atoms with E-state index in [9.17, 15) is 4.79 Å². The molecular formula is C33H40N2O4S. The van der Waals surface area contributed by atoms with E-state index in [4.69, 9.17) is 14.2 Å². The van der Waals surface area contributed by atoms with Crippen molar-refractivity contribution in [3.8, 4) is 17.2 Å². The molecule has 3 aromatic rings. The molecule has 0 saturated carbocycles. The summed E-state index contributed by atoms with van der Waals surface area (Å²) in [7, 11) is 1.69. The van der Waals surface area contributed by atoms with E-state index in [0.29, 0.717) is 24.6 Å². The topological polar surface area (TPSA) is 60.0 Å². The smallest absolute Gasteiger partial charge is 0.251 e. The second-order valence-electron chi connectivity index (χ2n) is 10.9. The predicted molar refractivity (Wildman–Crippen MR) is 161 cm³/mol. The van der Waals surface area contributed by atoms with Crippen LogP contribution in [0.5, 0.6) is 17.2 Å². The Hall–Kier alpha value is -3.16. The first-order chi connectivity index (χ1) is 19.5. The van der Waals surface area contributed by atoms with Crippen LogP contribution in [-0.4, -0.2) is 50.7 Å². The van der Waals surface area contributed by atoms with E-state index in [2.05, 4.69) is 36.2 Å². The molecule has 0 bridgehead atoms. The van der Waals surface area contributed by atoms with Gasteiger partial charge in [-0.25, -0.2) is 0 Å². The Bertz CT molecular complexity index is 1260. The van der Waals surface area contributed by atoms with E-state index in [-0.39, 0.29) is 17.3 Å². The monoisotopic (exact) mass is 560 g/mol. The molecule has 0 spiro atoms. The third-order valence-corrected chi connectivity index (χ3v) is 8.82. The number of amides is 1. The van der Waals surface area contributed by atoms with E-state index in [0.717, 1.165) is 39.8 Å². The molecule has 0 aliphatic carbocycles. The first-order valence-corrected chi connectivity index (χ1v) is 15.2. The summed E-state index contributed by atoms with van der Waals surface area (Å²) in [5, 5.41) is 3.03. The quantitative estimate of drug-likeness (QED) is 0.275. The van der Waals surface area contributed by atoms with Gasteiger partial charge >= 0.3 is 0 Å². The minimum absolute atomic E-state index is 0.0374. The number of hydrogen-bond donors (Lipinski definition) is 1. The summed E-state index contributed by atoms with van der Waals surface area (Å²) in [6.07, 6.45) is 3.75. The van der Waals surface area contributed by atoms with Crippen molar-refractivity contribution in [2.45, 2.75) is 49.4 Å². The Labute approximate surface area is 242 Å². The number of carbonyl (C=O) groups is 1. The zero-order valence-electron chi connectivity index (χ0n) is 23.7. The molecule has 0 aromatic heterocycles. The van der Waals surface area contributed by atoms with Crippen molar-refractivity contribution < 1.29 is 19.0 Å². The molecule has 3 aromatic carbocycles. The molecule has 1 saturated heterocycles. The second-order valence-corrected chi connectivity index (χ2v) is 12.1. The van der Waals surface area contributed by atoms with Gasteiger partial charge in [0, 0.05) is 29.1 Å². The molecule has 2 aliphatic heterocycles. The number of thioether (sulfide) groups is 1. The average Bonchev–Trinajstić information content (AvgIpc) is 3.34. The molecule has 2 atom stereocenters. The van der Waals surface area contributed by atoms with Crippen LogP contribution in [0.1, 0.15) is 65.9 Å². The molecule has 2 aliphatic rings. The van der Waals surface area contributed by atoms with E-state index in [1.54, 1.807) is 18.9 Å². The van der Waals surface area contributed by atoms with Gasteiger partial charge in [0.05, 0.1) is 12.4 Å². The van der Waals surface area contributed by atoms with Crippen LogP contribution in [0.2, 0.25) is 0 Å². The molecular weight excluding hydrogens is 520 g/mol. The van der Waals surface area contributed by atoms with Gasteiger partial charge in [-0.05, 0) is 85.9 Å². The molecule has 2 heterocycles. The van der Waals surface area contributed by atoms with Gasteiger partial charge in [-0.15, -0.1) is 11.8 Å². The number of nitrogens with one attached hydrogen (secondary N) is 1. The third kappa shape index (κ3) is 7.12. The van der Waals surface area contributed by atoms with E-state index in [1.165, 1.54) is 32.4 Å². The highest BCUT2D eigenvalue weighted by Gasteiger charge is 2.36. The SMILES string of the molecule is COc1ccc2c(c1)SC(c1ccc(C(=O)NCC(C)C)cc1)C2Oc1ccc(OCCN2CCCCC2)cc1. The Morgan fingerprint density at radius 3 is 2.35 bits per heavy atom. The van der Waals surface area contributed by atoms with Gasteiger partial charge in [-0.3, -0.25) is 9.69 Å². The zero-order valence-corrected chi connectivity index (χ0v) is 24.5. The number of nitrogens with zero attached hydrogens (tertiary/aromatic N) is 1. The molecule has 7 heteroatoms. The van der Waals surface area contributed by atoms with Crippen LogP contribution in [0.15, 0.2) is 71.6 Å². The van der Waals surface area contributed by atoms with Crippen LogP contribution in [0.25, 0.3) is 0 Å². The lowest BCUT2D eigenvalue weighted by atomic mass is 9.99. The lowest BCUT2D eigenvalue weighted by molar-refractivity contribution is 0.0949. The second kappa shape index (κ2) is 13.5. The fourth-order valence-corrected chi connectivity index (χ4v) is 6.57. The maximum absolute atomic E-state index is 12.5. The molecule has 6 nitrogen and oxygen atoms in total. The summed E-state index contributed by atoms with van der Waals surface area (Å²) in [4.78, 5) is 16.2. The largest absolute Gasteiger partial charge is 0.497 e. The van der Waals surface area contributed by atoms with Crippen LogP contribution in [0, 0.1) is 5.92 Å². The minimum Gasteiger partial charge on any atom is -0.497 e. The Balaban J connectivity index is 1.28. The molecule has 2 unspecified atom stereocenters. The zero-order chi connectivity index (χ0) is 27.9. The summed E-state index contributed by atoms with van der Waals surface area (Å²) < 4.78 is 18.1. The molecule has 40 heavy (non-hydrogen) atoms. The van der Waals surface area contributed by atoms with Crippen molar-refractivity contribution >= 4 is 17.7 Å². The summed E-state index contributed by atoms with van der Waals surface area (Å²) in [6, 6.07) is 22.0. The number of hydrogen-bond acceptors (Lipinski definition) is 6. The van der Waals surface area contributed by atoms with Crippen molar-refractivity contribution in [1.82, 2.24) is 10.2 Å². The van der Waals surface area contributed by atoms with Gasteiger partial charge in [0.1, 0.15) is 30.0 Å². The van der Waals surface area contributed by atoms with Crippen molar-refractivity contribution in [3.63, 3.8) is 0 Å². The van der Waals surface area contributed by atoms with Gasteiger partial charge in [0.25, 0.3) is 5.91 Å². The fraction of sp³-hybridized carbons (Fsp3) is 0.424. The van der Waals surface area contributed by atoms with Crippen LogP contribution < -0.4 is 19.5 Å². The summed E-state index contributed by atoms with van der Waals surface area (Å²) in [6.45, 7) is 8.86. The molecule has 1 amide bonds. The van der Waals surface area contributed by atoms with Crippen LogP contribution in [0.3, 0.4) is 0 Å². The Kier molecular flexibility index (Phi) is 9.55. The van der Waals surface area contributed by atoms with Crippen LogP contribution >= 0.6 is 11.8 Å². The number of carbonyl (C=O) groups excluding carboxylic acids is 1. The fourth-order valence-electron chi connectivity index (χ4n) is 5.17. The lowest BCUT2D eigenvalue weighted by Gasteiger charge is -2.26. The van der Waals surface area contributed by atoms with Gasteiger partial charge in [0.2, 0.25) is 0 Å². The Morgan fingerprint density at radius 2 is 1.65 bits per heavy atom. The third-order valence-electron chi connectivity index (χ3n) is 7.44. The molecule has 212 valence electrons. The lowest BCUT2D eigenvalue weighted by Crippen LogP contribution is -2.33. The highest BCUT2D eigenvalue weighted by molar-refractivity contribution is 8.00. The number of benzene rings is 3. The maximum Gasteiger partial charge on any atom is 0.251 e. The van der Waals surface area contributed by atoms with Crippen molar-refractivity contribution in [2.24, 2.45) is 5.92 Å². The summed E-state index contributed by atoms with van der Waals surface area (Å²) in [5.41, 5.74) is 2.92. The number of fused-ring (bicyclic) bond motifs is 1. The van der Waals surface area contributed by atoms with Gasteiger partial charge in [-0.1, -0.05) is 38.5 Å². The molecule has 1 fully saturated rings. The predicted octanol–water partition coefficient (Wildman–Crippen LogP) is 6.91. The first-order valence-electron chi connectivity index (χ1n) is 14.3. The number of methoxy groups -OCH3 is 1. The summed E-state index contributed by atoms with van der Waals surface area (Å²) in [5.74, 6) is 2.85. The summed E-state index contributed by atoms with van der Waals surface area (Å²) >= 11 is 1.77. The van der Waals surface area contributed by atoms with Crippen LogP contribution in [0.4, 0.5) is 0 Å². The standard InChI is InChI=1S/C33H40N2O4S/c1-23(2)22-34-33(36)25-9-7-24(8-10-25)32-31(29-16-15-28(37-3)21-30(29)40-32)39-27-13-11-26(12-14-27)38-20-19-35-17-5-4-6-18-35/h7-16,21,23,31-32H,4-6,17-20,22H2,1-3H3,(H,34,36). The highest BCUT2D eigenvalue weighted by Crippen LogP contribution is 2.55. The van der Waals surface area contributed by atoms with Crippen LogP contribution in [-0.2, 0) is 0 Å². The van der Waals surface area contributed by atoms with E-state index >= 15 is 0 Å². The molecule has 5 rings (SSSR count). The van der Waals surface area contributed by atoms with Gasteiger partial charge < -0.3 is 19.5 Å². The van der Waals surface area contributed by atoms with Gasteiger partial charge in [-0.2, -0.15) is 0 Å². The molecule has 1 N–H and O–H groups in total.